The lowest BCUT2D eigenvalue weighted by Gasteiger charge is -2.21. The second-order valence-electron chi connectivity index (χ2n) is 4.55. The van der Waals surface area contributed by atoms with Crippen LogP contribution in [-0.4, -0.2) is 46.8 Å². The second kappa shape index (κ2) is 4.89. The first-order chi connectivity index (χ1) is 8.51. The maximum absolute atomic E-state index is 11.3. The summed E-state index contributed by atoms with van der Waals surface area (Å²) in [5.74, 6) is -0.392. The fourth-order valence-electron chi connectivity index (χ4n) is 2.26. The number of hydrogen-bond donors (Lipinski definition) is 1. The molecule has 0 amide bonds. The summed E-state index contributed by atoms with van der Waals surface area (Å²) < 4.78 is 5.24. The Balaban J connectivity index is 2.32. The molecule has 0 saturated carbocycles. The van der Waals surface area contributed by atoms with Gasteiger partial charge in [-0.25, -0.2) is 14.8 Å². The maximum atomic E-state index is 11.3. The zero-order valence-corrected chi connectivity index (χ0v) is 10.8. The van der Waals surface area contributed by atoms with Crippen LogP contribution in [0.4, 0.5) is 5.95 Å². The molecular formula is C12H17N3O3. The van der Waals surface area contributed by atoms with Gasteiger partial charge in [-0.3, -0.25) is 0 Å². The second-order valence-corrected chi connectivity index (χ2v) is 4.55. The number of rotatable bonds is 3. The van der Waals surface area contributed by atoms with E-state index >= 15 is 0 Å². The molecule has 0 aromatic carbocycles. The van der Waals surface area contributed by atoms with E-state index < -0.39 is 12.0 Å². The molecule has 1 fully saturated rings. The summed E-state index contributed by atoms with van der Waals surface area (Å²) in [6.45, 7) is 4.26. The minimum Gasteiger partial charge on any atom is -0.480 e. The molecule has 2 unspecified atom stereocenters. The SMILES string of the molecule is COC1CC(C(=O)O)N(c2nc(C)cc(C)n2)C1. The van der Waals surface area contributed by atoms with Crippen molar-refractivity contribution in [3.63, 3.8) is 0 Å². The molecule has 1 saturated heterocycles. The number of aliphatic carboxylic acids is 1. The Morgan fingerprint density at radius 3 is 2.56 bits per heavy atom. The van der Waals surface area contributed by atoms with Gasteiger partial charge in [0.05, 0.1) is 6.10 Å². The highest BCUT2D eigenvalue weighted by atomic mass is 16.5. The first-order valence-corrected chi connectivity index (χ1v) is 5.85. The topological polar surface area (TPSA) is 75.6 Å². The zero-order valence-electron chi connectivity index (χ0n) is 10.8. The standard InChI is InChI=1S/C12H17N3O3/c1-7-4-8(2)14-12(13-7)15-6-9(18-3)5-10(15)11(16)17/h4,9-10H,5-6H2,1-3H3,(H,16,17). The fraction of sp³-hybridized carbons (Fsp3) is 0.583. The number of carboxylic acid groups (broad SMARTS) is 1. The minimum atomic E-state index is -0.864. The predicted molar refractivity (Wildman–Crippen MR) is 65.7 cm³/mol. The average Bonchev–Trinajstić information content (AvgIpc) is 2.71. The largest absolute Gasteiger partial charge is 0.480 e. The molecule has 18 heavy (non-hydrogen) atoms. The Hall–Kier alpha value is -1.69. The molecule has 1 aromatic rings. The minimum absolute atomic E-state index is 0.0875. The summed E-state index contributed by atoms with van der Waals surface area (Å²) >= 11 is 0. The van der Waals surface area contributed by atoms with Gasteiger partial charge in [-0.1, -0.05) is 0 Å². The van der Waals surface area contributed by atoms with E-state index in [1.165, 1.54) is 0 Å². The van der Waals surface area contributed by atoms with Crippen molar-refractivity contribution < 1.29 is 14.6 Å². The van der Waals surface area contributed by atoms with Crippen molar-refractivity contribution in [3.8, 4) is 0 Å². The van der Waals surface area contributed by atoms with Crippen molar-refractivity contribution in [3.05, 3.63) is 17.5 Å². The molecule has 6 heteroatoms. The normalized spacial score (nSPS) is 23.4. The van der Waals surface area contributed by atoms with Crippen molar-refractivity contribution in [2.24, 2.45) is 0 Å². The van der Waals surface area contributed by atoms with Gasteiger partial charge in [0, 0.05) is 31.5 Å². The lowest BCUT2D eigenvalue weighted by atomic mass is 10.2. The van der Waals surface area contributed by atoms with E-state index in [1.807, 2.05) is 19.9 Å². The summed E-state index contributed by atoms with van der Waals surface area (Å²) in [4.78, 5) is 21.6. The van der Waals surface area contributed by atoms with E-state index in [0.717, 1.165) is 11.4 Å². The summed E-state index contributed by atoms with van der Waals surface area (Å²) in [6, 6.07) is 1.25. The van der Waals surface area contributed by atoms with Crippen LogP contribution in [0, 0.1) is 13.8 Å². The van der Waals surface area contributed by atoms with Crippen molar-refractivity contribution >= 4 is 11.9 Å². The molecule has 1 aliphatic heterocycles. The summed E-state index contributed by atoms with van der Waals surface area (Å²) in [6.07, 6.45) is 0.373. The van der Waals surface area contributed by atoms with Crippen molar-refractivity contribution in [2.75, 3.05) is 18.6 Å². The van der Waals surface area contributed by atoms with Gasteiger partial charge in [0.15, 0.2) is 0 Å². The number of ether oxygens (including phenoxy) is 1. The Bertz CT molecular complexity index is 444. The third kappa shape index (κ3) is 2.43. The van der Waals surface area contributed by atoms with Crippen LogP contribution >= 0.6 is 0 Å². The number of carboxylic acids is 1. The number of methoxy groups -OCH3 is 1. The lowest BCUT2D eigenvalue weighted by molar-refractivity contribution is -0.138. The van der Waals surface area contributed by atoms with Crippen LogP contribution in [-0.2, 0) is 9.53 Å². The van der Waals surface area contributed by atoms with Crippen LogP contribution in [0.1, 0.15) is 17.8 Å². The Morgan fingerprint density at radius 2 is 2.06 bits per heavy atom. The van der Waals surface area contributed by atoms with E-state index in [9.17, 15) is 9.90 Å². The van der Waals surface area contributed by atoms with Crippen LogP contribution in [0.2, 0.25) is 0 Å². The monoisotopic (exact) mass is 251 g/mol. The van der Waals surface area contributed by atoms with E-state index in [-0.39, 0.29) is 6.10 Å². The van der Waals surface area contributed by atoms with Crippen LogP contribution < -0.4 is 4.90 Å². The highest BCUT2D eigenvalue weighted by Gasteiger charge is 2.38. The lowest BCUT2D eigenvalue weighted by Crippen LogP contribution is -2.37. The number of hydrogen-bond acceptors (Lipinski definition) is 5. The summed E-state index contributed by atoms with van der Waals surface area (Å²) in [5.41, 5.74) is 1.67. The first-order valence-electron chi connectivity index (χ1n) is 5.85. The van der Waals surface area contributed by atoms with Gasteiger partial charge in [0.1, 0.15) is 6.04 Å². The molecule has 0 spiro atoms. The summed E-state index contributed by atoms with van der Waals surface area (Å²) in [7, 11) is 1.59. The van der Waals surface area contributed by atoms with Gasteiger partial charge in [-0.15, -0.1) is 0 Å². The molecule has 2 rings (SSSR count). The number of carbonyl (C=O) groups is 1. The molecule has 1 N–H and O–H groups in total. The molecule has 0 bridgehead atoms. The Kier molecular flexibility index (Phi) is 3.47. The maximum Gasteiger partial charge on any atom is 0.326 e. The van der Waals surface area contributed by atoms with Crippen molar-refractivity contribution in [2.45, 2.75) is 32.4 Å². The Labute approximate surface area is 106 Å². The number of nitrogens with zero attached hydrogens (tertiary/aromatic N) is 3. The van der Waals surface area contributed by atoms with Crippen LogP contribution in [0.3, 0.4) is 0 Å². The molecule has 1 aliphatic rings. The molecule has 0 aliphatic carbocycles. The quantitative estimate of drug-likeness (QED) is 0.855. The van der Waals surface area contributed by atoms with Gasteiger partial charge in [0.25, 0.3) is 0 Å². The van der Waals surface area contributed by atoms with Gasteiger partial charge >= 0.3 is 5.97 Å². The average molecular weight is 251 g/mol. The van der Waals surface area contributed by atoms with Crippen molar-refractivity contribution in [1.82, 2.24) is 9.97 Å². The highest BCUT2D eigenvalue weighted by molar-refractivity contribution is 5.78. The molecule has 2 heterocycles. The third-order valence-corrected chi connectivity index (χ3v) is 3.11. The molecule has 1 aromatic heterocycles. The van der Waals surface area contributed by atoms with E-state index in [2.05, 4.69) is 9.97 Å². The number of aromatic nitrogens is 2. The molecular weight excluding hydrogens is 234 g/mol. The number of anilines is 1. The first kappa shape index (κ1) is 12.8. The van der Waals surface area contributed by atoms with Gasteiger partial charge in [-0.05, 0) is 19.9 Å². The fourth-order valence-corrected chi connectivity index (χ4v) is 2.26. The van der Waals surface area contributed by atoms with Gasteiger partial charge < -0.3 is 14.7 Å². The third-order valence-electron chi connectivity index (χ3n) is 3.11. The van der Waals surface area contributed by atoms with Crippen LogP contribution in [0.25, 0.3) is 0 Å². The molecule has 6 nitrogen and oxygen atoms in total. The smallest absolute Gasteiger partial charge is 0.326 e. The Morgan fingerprint density at radius 1 is 1.44 bits per heavy atom. The predicted octanol–water partition coefficient (Wildman–Crippen LogP) is 0.772. The van der Waals surface area contributed by atoms with Crippen LogP contribution in [0.5, 0.6) is 0 Å². The zero-order chi connectivity index (χ0) is 13.3. The highest BCUT2D eigenvalue weighted by Crippen LogP contribution is 2.24. The number of aryl methyl sites for hydroxylation is 2. The van der Waals surface area contributed by atoms with E-state index in [4.69, 9.17) is 4.74 Å². The van der Waals surface area contributed by atoms with Gasteiger partial charge in [-0.2, -0.15) is 0 Å². The van der Waals surface area contributed by atoms with E-state index in [0.29, 0.717) is 18.9 Å². The molecule has 0 radical (unpaired) electrons. The van der Waals surface area contributed by atoms with Crippen molar-refractivity contribution in [1.29, 1.82) is 0 Å². The van der Waals surface area contributed by atoms with E-state index in [1.54, 1.807) is 12.0 Å². The summed E-state index contributed by atoms with van der Waals surface area (Å²) in [5, 5.41) is 9.24. The van der Waals surface area contributed by atoms with Gasteiger partial charge in [0.2, 0.25) is 5.95 Å². The molecule has 2 atom stereocenters. The van der Waals surface area contributed by atoms with Crippen LogP contribution in [0.15, 0.2) is 6.07 Å². The molecule has 98 valence electrons.